The molecule has 0 radical (unpaired) electrons. The molecule has 2 aromatic rings. The zero-order valence-electron chi connectivity index (χ0n) is 8.78. The third kappa shape index (κ3) is 2.08. The van der Waals surface area contributed by atoms with Gasteiger partial charge in [-0.15, -0.1) is 11.6 Å². The monoisotopic (exact) mass is 259 g/mol. The van der Waals surface area contributed by atoms with Gasteiger partial charge in [-0.1, -0.05) is 11.6 Å². The Morgan fingerprint density at radius 3 is 3.00 bits per heavy atom. The Labute approximate surface area is 103 Å². The molecule has 0 aromatic carbocycles. The van der Waals surface area contributed by atoms with Gasteiger partial charge in [-0.3, -0.25) is 0 Å². The first-order valence-electron chi connectivity index (χ1n) is 4.91. The van der Waals surface area contributed by atoms with Gasteiger partial charge in [-0.2, -0.15) is 5.10 Å². The Balaban J connectivity index is 2.33. The molecule has 4 nitrogen and oxygen atoms in total. The lowest BCUT2D eigenvalue weighted by molar-refractivity contribution is 0.316. The van der Waals surface area contributed by atoms with E-state index in [-0.39, 0.29) is 0 Å². The second-order valence-corrected chi connectivity index (χ2v) is 4.09. The maximum Gasteiger partial charge on any atom is 0.157 e. The fourth-order valence-electron chi connectivity index (χ4n) is 1.48. The van der Waals surface area contributed by atoms with Crippen molar-refractivity contribution < 1.29 is 4.74 Å². The van der Waals surface area contributed by atoms with Gasteiger partial charge in [-0.25, -0.2) is 9.50 Å². The van der Waals surface area contributed by atoms with Gasteiger partial charge in [0.2, 0.25) is 0 Å². The van der Waals surface area contributed by atoms with E-state index in [1.165, 1.54) is 6.33 Å². The molecule has 0 aliphatic heterocycles. The summed E-state index contributed by atoms with van der Waals surface area (Å²) in [4.78, 5) is 3.93. The Morgan fingerprint density at radius 2 is 2.31 bits per heavy atom. The number of hydrogen-bond acceptors (Lipinski definition) is 3. The molecule has 0 fully saturated rings. The molecule has 0 saturated heterocycles. The van der Waals surface area contributed by atoms with Crippen molar-refractivity contribution in [3.8, 4) is 5.75 Å². The number of hydrogen-bond donors (Lipinski definition) is 0. The summed E-state index contributed by atoms with van der Waals surface area (Å²) in [7, 11) is 0. The minimum Gasteiger partial charge on any atom is -0.492 e. The van der Waals surface area contributed by atoms with Crippen LogP contribution in [0.1, 0.15) is 12.0 Å². The predicted molar refractivity (Wildman–Crippen MR) is 63.6 cm³/mol. The normalized spacial score (nSPS) is 10.9. The first-order valence-corrected chi connectivity index (χ1v) is 5.82. The van der Waals surface area contributed by atoms with Crippen molar-refractivity contribution >= 4 is 28.7 Å². The predicted octanol–water partition coefficient (Wildman–Crippen LogP) is 2.70. The summed E-state index contributed by atoms with van der Waals surface area (Å²) in [5.74, 6) is 1.36. The number of alkyl halides is 1. The maximum atomic E-state index is 5.99. The van der Waals surface area contributed by atoms with E-state index >= 15 is 0 Å². The van der Waals surface area contributed by atoms with Crippen LogP contribution in [-0.2, 0) is 0 Å². The van der Waals surface area contributed by atoms with Crippen LogP contribution in [0.5, 0.6) is 5.75 Å². The van der Waals surface area contributed by atoms with E-state index in [4.69, 9.17) is 27.9 Å². The minimum absolute atomic E-state index is 0.430. The largest absolute Gasteiger partial charge is 0.492 e. The summed E-state index contributed by atoms with van der Waals surface area (Å²) in [5.41, 5.74) is 1.73. The van der Waals surface area contributed by atoms with Crippen LogP contribution in [0.4, 0.5) is 0 Å². The number of aryl methyl sites for hydroxylation is 1. The topological polar surface area (TPSA) is 39.4 Å². The van der Waals surface area contributed by atoms with Crippen LogP contribution in [0, 0.1) is 6.92 Å². The summed E-state index contributed by atoms with van der Waals surface area (Å²) in [6.07, 6.45) is 4.02. The second-order valence-electron chi connectivity index (χ2n) is 3.35. The van der Waals surface area contributed by atoms with Crippen LogP contribution in [0.2, 0.25) is 5.15 Å². The third-order valence-corrected chi connectivity index (χ3v) is 2.82. The first kappa shape index (κ1) is 11.5. The maximum absolute atomic E-state index is 5.99. The van der Waals surface area contributed by atoms with Crippen LogP contribution >= 0.6 is 23.2 Å². The van der Waals surface area contributed by atoms with Crippen molar-refractivity contribution in [2.24, 2.45) is 0 Å². The summed E-state index contributed by atoms with van der Waals surface area (Å²) >= 11 is 11.6. The number of halogens is 2. The van der Waals surface area contributed by atoms with Gasteiger partial charge in [0, 0.05) is 11.4 Å². The van der Waals surface area contributed by atoms with E-state index in [1.54, 1.807) is 10.7 Å². The molecule has 0 bridgehead atoms. The Bertz CT molecular complexity index is 498. The third-order valence-electron chi connectivity index (χ3n) is 2.27. The van der Waals surface area contributed by atoms with E-state index in [1.807, 2.05) is 6.92 Å². The zero-order chi connectivity index (χ0) is 11.5. The molecule has 2 heterocycles. The van der Waals surface area contributed by atoms with Crippen molar-refractivity contribution in [3.63, 3.8) is 0 Å². The van der Waals surface area contributed by atoms with Gasteiger partial charge in [0.1, 0.15) is 17.6 Å². The Hall–Kier alpha value is -1.00. The van der Waals surface area contributed by atoms with E-state index in [2.05, 4.69) is 10.1 Å². The second kappa shape index (κ2) is 4.89. The molecule has 0 saturated carbocycles. The molecule has 0 N–H and O–H groups in total. The standard InChI is InChI=1S/C10H11Cl2N3O/c1-7-8(16-4-2-3-11)5-15-9(7)10(12)13-6-14-15/h5-6H,2-4H2,1H3. The van der Waals surface area contributed by atoms with E-state index in [0.29, 0.717) is 17.6 Å². The fourth-order valence-corrected chi connectivity index (χ4v) is 1.86. The number of fused-ring (bicyclic) bond motifs is 1. The summed E-state index contributed by atoms with van der Waals surface area (Å²) in [5, 5.41) is 4.50. The van der Waals surface area contributed by atoms with Gasteiger partial charge >= 0.3 is 0 Å². The summed E-state index contributed by atoms with van der Waals surface area (Å²) < 4.78 is 7.25. The number of rotatable bonds is 4. The molecule has 86 valence electrons. The van der Waals surface area contributed by atoms with Crippen molar-refractivity contribution in [1.82, 2.24) is 14.6 Å². The molecule has 6 heteroatoms. The molecule has 0 aliphatic rings. The molecule has 2 aromatic heterocycles. The molecule has 0 spiro atoms. The lowest BCUT2D eigenvalue weighted by atomic mass is 10.3. The lowest BCUT2D eigenvalue weighted by Gasteiger charge is -2.02. The highest BCUT2D eigenvalue weighted by molar-refractivity contribution is 6.32. The zero-order valence-corrected chi connectivity index (χ0v) is 10.3. The van der Waals surface area contributed by atoms with E-state index in [0.717, 1.165) is 23.3 Å². The van der Waals surface area contributed by atoms with Crippen LogP contribution in [0.25, 0.3) is 5.52 Å². The SMILES string of the molecule is Cc1c(OCCCCl)cn2ncnc(Cl)c12. The molecular formula is C10H11Cl2N3O. The number of ether oxygens (including phenoxy) is 1. The Morgan fingerprint density at radius 1 is 1.50 bits per heavy atom. The lowest BCUT2D eigenvalue weighted by Crippen LogP contribution is -1.97. The van der Waals surface area contributed by atoms with Crippen molar-refractivity contribution in [3.05, 3.63) is 23.2 Å². The molecule has 0 aliphatic carbocycles. The minimum atomic E-state index is 0.430. The van der Waals surface area contributed by atoms with Gasteiger partial charge in [0.25, 0.3) is 0 Å². The van der Waals surface area contributed by atoms with Gasteiger partial charge in [-0.05, 0) is 13.3 Å². The van der Waals surface area contributed by atoms with Crippen LogP contribution in [-0.4, -0.2) is 27.1 Å². The van der Waals surface area contributed by atoms with Gasteiger partial charge in [0.15, 0.2) is 5.15 Å². The summed E-state index contributed by atoms with van der Waals surface area (Å²) in [6, 6.07) is 0. The molecule has 0 amide bonds. The number of nitrogens with zero attached hydrogens (tertiary/aromatic N) is 3. The van der Waals surface area contributed by atoms with Crippen LogP contribution in [0.3, 0.4) is 0 Å². The quantitative estimate of drug-likeness (QED) is 0.626. The average Bonchev–Trinajstić information content (AvgIpc) is 2.58. The van der Waals surface area contributed by atoms with Gasteiger partial charge < -0.3 is 4.74 Å². The summed E-state index contributed by atoms with van der Waals surface area (Å²) in [6.45, 7) is 2.52. The highest BCUT2D eigenvalue weighted by Gasteiger charge is 2.11. The molecule has 0 unspecified atom stereocenters. The average molecular weight is 260 g/mol. The van der Waals surface area contributed by atoms with Crippen molar-refractivity contribution in [2.75, 3.05) is 12.5 Å². The smallest absolute Gasteiger partial charge is 0.157 e. The highest BCUT2D eigenvalue weighted by Crippen LogP contribution is 2.27. The number of aromatic nitrogens is 3. The van der Waals surface area contributed by atoms with Crippen LogP contribution < -0.4 is 4.74 Å². The van der Waals surface area contributed by atoms with Crippen LogP contribution in [0.15, 0.2) is 12.5 Å². The fraction of sp³-hybridized carbons (Fsp3) is 0.400. The van der Waals surface area contributed by atoms with E-state index in [9.17, 15) is 0 Å². The first-order chi connectivity index (χ1) is 7.74. The molecule has 0 atom stereocenters. The molecular weight excluding hydrogens is 249 g/mol. The van der Waals surface area contributed by atoms with E-state index < -0.39 is 0 Å². The molecule has 16 heavy (non-hydrogen) atoms. The van der Waals surface area contributed by atoms with Crippen molar-refractivity contribution in [1.29, 1.82) is 0 Å². The van der Waals surface area contributed by atoms with Crippen molar-refractivity contribution in [2.45, 2.75) is 13.3 Å². The van der Waals surface area contributed by atoms with Gasteiger partial charge in [0.05, 0.1) is 12.8 Å². The Kier molecular flexibility index (Phi) is 3.51. The highest BCUT2D eigenvalue weighted by atomic mass is 35.5. The molecule has 2 rings (SSSR count).